The van der Waals surface area contributed by atoms with Crippen molar-refractivity contribution in [2.45, 2.75) is 6.54 Å². The first-order chi connectivity index (χ1) is 10.2. The van der Waals surface area contributed by atoms with Gasteiger partial charge in [-0.25, -0.2) is 4.98 Å². The predicted molar refractivity (Wildman–Crippen MR) is 76.7 cm³/mol. The summed E-state index contributed by atoms with van der Waals surface area (Å²) >= 11 is 0. The first kappa shape index (κ1) is 14.4. The van der Waals surface area contributed by atoms with Gasteiger partial charge < -0.3 is 10.6 Å². The van der Waals surface area contributed by atoms with Gasteiger partial charge in [-0.3, -0.25) is 14.7 Å². The molecule has 0 fully saturated rings. The molecule has 7 nitrogen and oxygen atoms in total. The number of hydrogen-bond donors (Lipinski definition) is 3. The Labute approximate surface area is 121 Å². The van der Waals surface area contributed by atoms with Crippen LogP contribution in [-0.2, 0) is 16.1 Å². The number of H-pyrrole nitrogens is 1. The fraction of sp³-hybridized carbons (Fsp3) is 0.143. The van der Waals surface area contributed by atoms with Crippen LogP contribution in [-0.4, -0.2) is 33.5 Å². The van der Waals surface area contributed by atoms with E-state index in [9.17, 15) is 9.59 Å². The van der Waals surface area contributed by atoms with Crippen LogP contribution in [0, 0.1) is 0 Å². The summed E-state index contributed by atoms with van der Waals surface area (Å²) in [6, 6.07) is 9.43. The molecule has 0 radical (unpaired) electrons. The van der Waals surface area contributed by atoms with Gasteiger partial charge in [0.25, 0.3) is 0 Å². The van der Waals surface area contributed by atoms with E-state index in [0.29, 0.717) is 5.82 Å². The molecule has 1 aromatic carbocycles. The van der Waals surface area contributed by atoms with Crippen molar-refractivity contribution < 1.29 is 9.59 Å². The highest BCUT2D eigenvalue weighted by Crippen LogP contribution is 2.00. The minimum Gasteiger partial charge on any atom is -0.347 e. The lowest BCUT2D eigenvalue weighted by Crippen LogP contribution is -2.36. The molecule has 0 spiro atoms. The van der Waals surface area contributed by atoms with Crippen LogP contribution in [0.25, 0.3) is 6.08 Å². The van der Waals surface area contributed by atoms with Crippen molar-refractivity contribution >= 4 is 17.9 Å². The monoisotopic (exact) mass is 285 g/mol. The molecule has 1 heterocycles. The van der Waals surface area contributed by atoms with Gasteiger partial charge in [-0.05, 0) is 11.6 Å². The number of nitrogens with one attached hydrogen (secondary N) is 3. The Kier molecular flexibility index (Phi) is 5.22. The minimum atomic E-state index is -0.325. The average molecular weight is 285 g/mol. The van der Waals surface area contributed by atoms with Gasteiger partial charge in [0.1, 0.15) is 12.2 Å². The second kappa shape index (κ2) is 7.59. The van der Waals surface area contributed by atoms with Crippen LogP contribution in [0.15, 0.2) is 42.7 Å². The van der Waals surface area contributed by atoms with Crippen LogP contribution in [0.4, 0.5) is 0 Å². The maximum Gasteiger partial charge on any atom is 0.244 e. The molecule has 0 aliphatic rings. The number of rotatable bonds is 6. The molecular formula is C14H15N5O2. The van der Waals surface area contributed by atoms with Crippen molar-refractivity contribution in [1.82, 2.24) is 25.8 Å². The second-order valence-electron chi connectivity index (χ2n) is 4.17. The first-order valence-corrected chi connectivity index (χ1v) is 6.36. The van der Waals surface area contributed by atoms with E-state index in [2.05, 4.69) is 25.8 Å². The van der Waals surface area contributed by atoms with Gasteiger partial charge in [-0.2, -0.15) is 5.10 Å². The summed E-state index contributed by atoms with van der Waals surface area (Å²) in [5, 5.41) is 11.4. The summed E-state index contributed by atoms with van der Waals surface area (Å²) in [6.45, 7) is 0.153. The summed E-state index contributed by atoms with van der Waals surface area (Å²) in [5.74, 6) is -0.0693. The van der Waals surface area contributed by atoms with Gasteiger partial charge in [0.15, 0.2) is 0 Å². The van der Waals surface area contributed by atoms with Crippen molar-refractivity contribution in [2.24, 2.45) is 0 Å². The number of nitrogens with zero attached hydrogens (tertiary/aromatic N) is 2. The number of amides is 2. The first-order valence-electron chi connectivity index (χ1n) is 6.36. The number of carbonyl (C=O) groups excluding carboxylic acids is 2. The Bertz CT molecular complexity index is 608. The largest absolute Gasteiger partial charge is 0.347 e. The van der Waals surface area contributed by atoms with Crippen LogP contribution in [0.3, 0.4) is 0 Å². The van der Waals surface area contributed by atoms with Gasteiger partial charge in [-0.1, -0.05) is 30.3 Å². The van der Waals surface area contributed by atoms with E-state index in [0.717, 1.165) is 5.56 Å². The van der Waals surface area contributed by atoms with E-state index in [1.165, 1.54) is 12.4 Å². The van der Waals surface area contributed by atoms with E-state index < -0.39 is 0 Å². The standard InChI is InChI=1S/C14H15N5O2/c20-13(7-6-11-4-2-1-3-5-11)16-9-14(21)15-8-12-17-10-18-19-12/h1-7,10H,8-9H2,(H,15,21)(H,16,20)(H,17,18,19)/b7-6+. The predicted octanol–water partition coefficient (Wildman–Crippen LogP) is 0.250. The van der Waals surface area contributed by atoms with Crippen molar-refractivity contribution in [3.63, 3.8) is 0 Å². The van der Waals surface area contributed by atoms with Crippen LogP contribution < -0.4 is 10.6 Å². The molecule has 7 heteroatoms. The summed E-state index contributed by atoms with van der Waals surface area (Å²) < 4.78 is 0. The van der Waals surface area contributed by atoms with Crippen LogP contribution >= 0.6 is 0 Å². The van der Waals surface area contributed by atoms with E-state index in [1.807, 2.05) is 30.3 Å². The molecule has 0 bridgehead atoms. The second-order valence-corrected chi connectivity index (χ2v) is 4.17. The number of aromatic nitrogens is 3. The zero-order valence-electron chi connectivity index (χ0n) is 11.2. The number of carbonyl (C=O) groups is 2. The third-order valence-corrected chi connectivity index (χ3v) is 2.57. The average Bonchev–Trinajstić information content (AvgIpc) is 3.03. The van der Waals surface area contributed by atoms with Crippen molar-refractivity contribution in [3.8, 4) is 0 Å². The number of aromatic amines is 1. The Morgan fingerprint density at radius 3 is 2.71 bits per heavy atom. The quantitative estimate of drug-likeness (QED) is 0.662. The maximum absolute atomic E-state index is 11.5. The van der Waals surface area contributed by atoms with Gasteiger partial charge in [0, 0.05) is 6.08 Å². The Morgan fingerprint density at radius 2 is 2.00 bits per heavy atom. The van der Waals surface area contributed by atoms with Gasteiger partial charge in [0.05, 0.1) is 13.1 Å². The SMILES string of the molecule is O=C(/C=C/c1ccccc1)NCC(=O)NCc1ncn[nH]1. The smallest absolute Gasteiger partial charge is 0.244 e. The van der Waals surface area contributed by atoms with Crippen molar-refractivity contribution in [1.29, 1.82) is 0 Å². The molecule has 1 aromatic heterocycles. The molecule has 0 unspecified atom stereocenters. The molecule has 0 saturated heterocycles. The number of hydrogen-bond acceptors (Lipinski definition) is 4. The molecule has 21 heavy (non-hydrogen) atoms. The van der Waals surface area contributed by atoms with E-state index >= 15 is 0 Å². The summed E-state index contributed by atoms with van der Waals surface area (Å²) in [6.07, 6.45) is 4.43. The topological polar surface area (TPSA) is 99.8 Å². The Balaban J connectivity index is 1.68. The van der Waals surface area contributed by atoms with Gasteiger partial charge in [-0.15, -0.1) is 0 Å². The van der Waals surface area contributed by atoms with Crippen molar-refractivity contribution in [2.75, 3.05) is 6.54 Å². The molecule has 0 saturated carbocycles. The van der Waals surface area contributed by atoms with Gasteiger partial charge >= 0.3 is 0 Å². The summed E-state index contributed by atoms with van der Waals surface area (Å²) in [4.78, 5) is 26.9. The molecule has 0 atom stereocenters. The normalized spacial score (nSPS) is 10.5. The van der Waals surface area contributed by atoms with E-state index in [4.69, 9.17) is 0 Å². The molecule has 0 aliphatic heterocycles. The third-order valence-electron chi connectivity index (χ3n) is 2.57. The molecule has 108 valence electrons. The molecule has 0 aliphatic carbocycles. The summed E-state index contributed by atoms with van der Waals surface area (Å²) in [7, 11) is 0. The van der Waals surface area contributed by atoms with Gasteiger partial charge in [0.2, 0.25) is 11.8 Å². The van der Waals surface area contributed by atoms with Crippen LogP contribution in [0.5, 0.6) is 0 Å². The maximum atomic E-state index is 11.5. The lowest BCUT2D eigenvalue weighted by Gasteiger charge is -2.03. The Morgan fingerprint density at radius 1 is 1.19 bits per heavy atom. The molecule has 2 amide bonds. The highest BCUT2D eigenvalue weighted by atomic mass is 16.2. The third kappa shape index (κ3) is 5.27. The molecule has 2 aromatic rings. The van der Waals surface area contributed by atoms with E-state index in [1.54, 1.807) is 6.08 Å². The fourth-order valence-electron chi connectivity index (χ4n) is 1.52. The highest BCUT2D eigenvalue weighted by Gasteiger charge is 2.03. The molecular weight excluding hydrogens is 270 g/mol. The summed E-state index contributed by atoms with van der Waals surface area (Å²) in [5.41, 5.74) is 0.919. The fourth-order valence-corrected chi connectivity index (χ4v) is 1.52. The van der Waals surface area contributed by atoms with Crippen LogP contribution in [0.2, 0.25) is 0 Å². The zero-order chi connectivity index (χ0) is 14.9. The molecule has 3 N–H and O–H groups in total. The van der Waals surface area contributed by atoms with Crippen molar-refractivity contribution in [3.05, 3.63) is 54.1 Å². The lowest BCUT2D eigenvalue weighted by atomic mass is 10.2. The zero-order valence-corrected chi connectivity index (χ0v) is 11.2. The highest BCUT2D eigenvalue weighted by molar-refractivity contribution is 5.94. The van der Waals surface area contributed by atoms with Crippen LogP contribution in [0.1, 0.15) is 11.4 Å². The van der Waals surface area contributed by atoms with E-state index in [-0.39, 0.29) is 24.9 Å². The molecule has 2 rings (SSSR count). The Hall–Kier alpha value is -2.96. The number of benzene rings is 1. The minimum absolute atomic E-state index is 0.0912. The lowest BCUT2D eigenvalue weighted by molar-refractivity contribution is -0.124.